The zero-order valence-corrected chi connectivity index (χ0v) is 14.6. The zero-order valence-electron chi connectivity index (χ0n) is 14.6. The highest BCUT2D eigenvalue weighted by Gasteiger charge is 2.19. The second-order valence-electron chi connectivity index (χ2n) is 5.79. The van der Waals surface area contributed by atoms with Gasteiger partial charge in [-0.25, -0.2) is 4.39 Å². The number of likely N-dealkylation sites (N-methyl/N-ethyl adjacent to an activating group) is 1. The Morgan fingerprint density at radius 3 is 2.20 bits per heavy atom. The van der Waals surface area contributed by atoms with E-state index in [1.807, 2.05) is 37.3 Å². The maximum Gasteiger partial charge on any atom is 0.246 e. The Bertz CT molecular complexity index is 701. The summed E-state index contributed by atoms with van der Waals surface area (Å²) in [7, 11) is 0. The van der Waals surface area contributed by atoms with E-state index in [1.54, 1.807) is 17.0 Å². The third-order valence-corrected chi connectivity index (χ3v) is 4.04. The summed E-state index contributed by atoms with van der Waals surface area (Å²) in [5.74, 6) is -0.564. The summed E-state index contributed by atoms with van der Waals surface area (Å²) >= 11 is 0. The minimum absolute atomic E-state index is 0.0270. The topological polar surface area (TPSA) is 40.6 Å². The van der Waals surface area contributed by atoms with Gasteiger partial charge in [-0.2, -0.15) is 0 Å². The van der Waals surface area contributed by atoms with E-state index in [4.69, 9.17) is 0 Å². The van der Waals surface area contributed by atoms with Crippen LogP contribution in [0.25, 0.3) is 0 Å². The Morgan fingerprint density at radius 2 is 1.64 bits per heavy atom. The van der Waals surface area contributed by atoms with E-state index in [-0.39, 0.29) is 24.2 Å². The maximum atomic E-state index is 13.0. The molecule has 0 aliphatic carbocycles. The monoisotopic (exact) mass is 342 g/mol. The van der Waals surface area contributed by atoms with Crippen LogP contribution in [0.4, 0.5) is 10.1 Å². The molecule has 0 atom stereocenters. The zero-order chi connectivity index (χ0) is 18.2. The Kier molecular flexibility index (Phi) is 6.69. The number of carbonyl (C=O) groups is 2. The average molecular weight is 342 g/mol. The summed E-state index contributed by atoms with van der Waals surface area (Å²) in [6.45, 7) is 4.34. The lowest BCUT2D eigenvalue weighted by atomic mass is 10.1. The Labute approximate surface area is 147 Å². The van der Waals surface area contributed by atoms with Gasteiger partial charge >= 0.3 is 0 Å². The molecule has 0 aliphatic heterocycles. The van der Waals surface area contributed by atoms with E-state index in [0.29, 0.717) is 19.5 Å². The number of anilines is 1. The standard InChI is InChI=1S/C20H23FN2O2/c1-3-23(19-7-5-4-6-8-19)20(25)15-22(16(2)24)14-13-17-9-11-18(21)12-10-17/h4-12H,3,13-15H2,1-2H3. The molecule has 2 amide bonds. The number of carbonyl (C=O) groups excluding carboxylic acids is 2. The van der Waals surface area contributed by atoms with Crippen molar-refractivity contribution in [2.45, 2.75) is 20.3 Å². The molecule has 2 rings (SSSR count). The van der Waals surface area contributed by atoms with E-state index in [1.165, 1.54) is 24.0 Å². The molecule has 25 heavy (non-hydrogen) atoms. The van der Waals surface area contributed by atoms with Crippen LogP contribution in [0.1, 0.15) is 19.4 Å². The number of halogens is 1. The smallest absolute Gasteiger partial charge is 0.246 e. The lowest BCUT2D eigenvalue weighted by Crippen LogP contribution is -2.43. The first-order valence-corrected chi connectivity index (χ1v) is 8.36. The van der Waals surface area contributed by atoms with Crippen molar-refractivity contribution in [1.29, 1.82) is 0 Å². The van der Waals surface area contributed by atoms with Crippen molar-refractivity contribution in [3.63, 3.8) is 0 Å². The van der Waals surface area contributed by atoms with E-state index in [0.717, 1.165) is 11.3 Å². The number of amides is 2. The van der Waals surface area contributed by atoms with Crippen LogP contribution in [-0.2, 0) is 16.0 Å². The highest BCUT2D eigenvalue weighted by atomic mass is 19.1. The van der Waals surface area contributed by atoms with Gasteiger partial charge in [-0.3, -0.25) is 9.59 Å². The molecular formula is C20H23FN2O2. The first kappa shape index (κ1) is 18.6. The molecule has 0 bridgehead atoms. The van der Waals surface area contributed by atoms with Crippen molar-refractivity contribution >= 4 is 17.5 Å². The Balaban J connectivity index is 2.01. The summed E-state index contributed by atoms with van der Waals surface area (Å²) in [6.07, 6.45) is 0.574. The van der Waals surface area contributed by atoms with E-state index >= 15 is 0 Å². The highest BCUT2D eigenvalue weighted by Crippen LogP contribution is 2.14. The molecule has 0 saturated carbocycles. The van der Waals surface area contributed by atoms with Crippen LogP contribution in [-0.4, -0.2) is 36.3 Å². The predicted octanol–water partition coefficient (Wildman–Crippen LogP) is 3.27. The number of nitrogens with zero attached hydrogens (tertiary/aromatic N) is 2. The fourth-order valence-electron chi connectivity index (χ4n) is 2.62. The molecule has 2 aromatic rings. The summed E-state index contributed by atoms with van der Waals surface area (Å²) in [6, 6.07) is 15.6. The van der Waals surface area contributed by atoms with E-state index in [9.17, 15) is 14.0 Å². The fourth-order valence-corrected chi connectivity index (χ4v) is 2.62. The number of rotatable bonds is 7. The van der Waals surface area contributed by atoms with Crippen molar-refractivity contribution < 1.29 is 14.0 Å². The van der Waals surface area contributed by atoms with Crippen molar-refractivity contribution in [2.75, 3.05) is 24.5 Å². The Morgan fingerprint density at radius 1 is 1.00 bits per heavy atom. The minimum atomic E-state index is -0.288. The molecule has 0 fully saturated rings. The van der Waals surface area contributed by atoms with Gasteiger partial charge in [-0.15, -0.1) is 0 Å². The second kappa shape index (κ2) is 8.97. The van der Waals surface area contributed by atoms with E-state index in [2.05, 4.69) is 0 Å². The van der Waals surface area contributed by atoms with Crippen molar-refractivity contribution in [2.24, 2.45) is 0 Å². The van der Waals surface area contributed by atoms with Gasteiger partial charge < -0.3 is 9.80 Å². The molecule has 2 aromatic carbocycles. The van der Waals surface area contributed by atoms with Gasteiger partial charge in [0.25, 0.3) is 0 Å². The molecule has 0 aliphatic rings. The molecule has 0 radical (unpaired) electrons. The van der Waals surface area contributed by atoms with Crippen molar-refractivity contribution in [3.8, 4) is 0 Å². The van der Waals surface area contributed by atoms with Crippen LogP contribution < -0.4 is 4.90 Å². The maximum absolute atomic E-state index is 13.0. The Hall–Kier alpha value is -2.69. The summed E-state index contributed by atoms with van der Waals surface area (Å²) in [4.78, 5) is 27.7. The van der Waals surface area contributed by atoms with Crippen molar-refractivity contribution in [3.05, 3.63) is 66.0 Å². The van der Waals surface area contributed by atoms with Gasteiger partial charge in [-0.1, -0.05) is 30.3 Å². The highest BCUT2D eigenvalue weighted by molar-refractivity contribution is 5.96. The summed E-state index contributed by atoms with van der Waals surface area (Å²) in [5.41, 5.74) is 1.74. The summed E-state index contributed by atoms with van der Waals surface area (Å²) in [5, 5.41) is 0. The summed E-state index contributed by atoms with van der Waals surface area (Å²) < 4.78 is 13.0. The van der Waals surface area contributed by atoms with Crippen LogP contribution in [0.5, 0.6) is 0 Å². The predicted molar refractivity (Wildman–Crippen MR) is 96.8 cm³/mol. The van der Waals surface area contributed by atoms with Gasteiger partial charge in [0.05, 0.1) is 0 Å². The van der Waals surface area contributed by atoms with Crippen molar-refractivity contribution in [1.82, 2.24) is 4.90 Å². The molecular weight excluding hydrogens is 319 g/mol. The SMILES string of the molecule is CCN(C(=O)CN(CCc1ccc(F)cc1)C(C)=O)c1ccccc1. The van der Waals surface area contributed by atoms with Crippen LogP contribution >= 0.6 is 0 Å². The number of para-hydroxylation sites is 1. The van der Waals surface area contributed by atoms with Gasteiger partial charge in [0.1, 0.15) is 12.4 Å². The molecule has 0 spiro atoms. The van der Waals surface area contributed by atoms with Gasteiger partial charge in [0.15, 0.2) is 0 Å². The van der Waals surface area contributed by atoms with Crippen LogP contribution in [0, 0.1) is 5.82 Å². The number of benzene rings is 2. The largest absolute Gasteiger partial charge is 0.333 e. The normalized spacial score (nSPS) is 10.4. The third kappa shape index (κ3) is 5.41. The molecule has 5 heteroatoms. The minimum Gasteiger partial charge on any atom is -0.333 e. The lowest BCUT2D eigenvalue weighted by molar-refractivity contribution is -0.133. The molecule has 0 heterocycles. The van der Waals surface area contributed by atoms with Gasteiger partial charge in [0.2, 0.25) is 11.8 Å². The quantitative estimate of drug-likeness (QED) is 0.775. The second-order valence-corrected chi connectivity index (χ2v) is 5.79. The number of hydrogen-bond donors (Lipinski definition) is 0. The lowest BCUT2D eigenvalue weighted by Gasteiger charge is -2.26. The molecule has 0 unspecified atom stereocenters. The number of hydrogen-bond acceptors (Lipinski definition) is 2. The fraction of sp³-hybridized carbons (Fsp3) is 0.300. The first-order valence-electron chi connectivity index (χ1n) is 8.36. The molecule has 0 saturated heterocycles. The van der Waals surface area contributed by atoms with Crippen LogP contribution in [0.3, 0.4) is 0 Å². The van der Waals surface area contributed by atoms with Gasteiger partial charge in [0, 0.05) is 25.7 Å². The van der Waals surface area contributed by atoms with E-state index < -0.39 is 0 Å². The van der Waals surface area contributed by atoms with Crippen LogP contribution in [0.2, 0.25) is 0 Å². The third-order valence-electron chi connectivity index (χ3n) is 4.04. The molecule has 4 nitrogen and oxygen atoms in total. The average Bonchev–Trinajstić information content (AvgIpc) is 2.61. The molecule has 132 valence electrons. The van der Waals surface area contributed by atoms with Crippen LogP contribution in [0.15, 0.2) is 54.6 Å². The molecule has 0 N–H and O–H groups in total. The van der Waals surface area contributed by atoms with Gasteiger partial charge in [-0.05, 0) is 43.2 Å². The first-order chi connectivity index (χ1) is 12.0. The molecule has 0 aromatic heterocycles.